The van der Waals surface area contributed by atoms with E-state index in [0.717, 1.165) is 37.7 Å². The molecule has 3 atom stereocenters. The maximum Gasteiger partial charge on any atom is 0.247 e. The number of rotatable bonds is 9. The summed E-state index contributed by atoms with van der Waals surface area (Å²) in [4.78, 5) is 58.1. The smallest absolute Gasteiger partial charge is 0.247 e. The van der Waals surface area contributed by atoms with Crippen molar-refractivity contribution in [3.63, 3.8) is 0 Å². The fraction of sp³-hybridized carbons (Fsp3) is 0.536. The van der Waals surface area contributed by atoms with E-state index in [-0.39, 0.29) is 29.5 Å². The predicted molar refractivity (Wildman–Crippen MR) is 152 cm³/mol. The molecule has 1 aliphatic carbocycles. The molecule has 1 saturated carbocycles. The molecule has 0 radical (unpaired) electrons. The van der Waals surface area contributed by atoms with Crippen LogP contribution in [-0.4, -0.2) is 65.2 Å². The highest BCUT2D eigenvalue weighted by Gasteiger charge is 2.41. The van der Waals surface area contributed by atoms with E-state index in [2.05, 4.69) is 26.3 Å². The maximum atomic E-state index is 13.9. The van der Waals surface area contributed by atoms with Crippen LogP contribution in [0.4, 0.5) is 10.1 Å². The third kappa shape index (κ3) is 7.02. The van der Waals surface area contributed by atoms with E-state index >= 15 is 0 Å². The summed E-state index contributed by atoms with van der Waals surface area (Å²) in [7, 11) is 1.71. The van der Waals surface area contributed by atoms with Gasteiger partial charge in [-0.15, -0.1) is 0 Å². The maximum absolute atomic E-state index is 13.9. The number of anilines is 2. The van der Waals surface area contributed by atoms with Crippen LogP contribution < -0.4 is 21.3 Å². The van der Waals surface area contributed by atoms with Crippen LogP contribution >= 0.6 is 11.3 Å². The van der Waals surface area contributed by atoms with E-state index in [0.29, 0.717) is 35.2 Å². The quantitative estimate of drug-likeness (QED) is 0.376. The molecule has 39 heavy (non-hydrogen) atoms. The van der Waals surface area contributed by atoms with E-state index in [1.54, 1.807) is 18.9 Å². The van der Waals surface area contributed by atoms with Crippen LogP contribution in [-0.2, 0) is 19.2 Å². The highest BCUT2D eigenvalue weighted by molar-refractivity contribution is 7.20. The molecule has 210 valence electrons. The highest BCUT2D eigenvalue weighted by Crippen LogP contribution is 2.37. The lowest BCUT2D eigenvalue weighted by Crippen LogP contribution is -2.57. The number of amides is 4. The van der Waals surface area contributed by atoms with Gasteiger partial charge in [-0.25, -0.2) is 4.98 Å². The van der Waals surface area contributed by atoms with E-state index in [1.165, 1.54) is 18.3 Å². The Bertz CT molecular complexity index is 1180. The molecule has 4 rings (SSSR count). The Balaban J connectivity index is 1.55. The van der Waals surface area contributed by atoms with Crippen molar-refractivity contribution in [1.29, 1.82) is 0 Å². The van der Waals surface area contributed by atoms with Gasteiger partial charge in [-0.05, 0) is 45.6 Å². The van der Waals surface area contributed by atoms with Crippen molar-refractivity contribution in [3.05, 3.63) is 30.3 Å². The monoisotopic (exact) mass is 554 g/mol. The molecule has 1 aromatic heterocycles. The minimum Gasteiger partial charge on any atom is -0.343 e. The zero-order valence-corrected chi connectivity index (χ0v) is 23.6. The SMILES string of the molecule is CN[C@@H](C)C(=O)N[C@H](C(=O)N1CCC[C@H]1C(=O)Nc1sc(NC(C)=O)nc1-c1ccccc1)C1CCCCC1. The van der Waals surface area contributed by atoms with Gasteiger partial charge in [0, 0.05) is 19.0 Å². The van der Waals surface area contributed by atoms with Crippen molar-refractivity contribution in [2.45, 2.75) is 76.9 Å². The van der Waals surface area contributed by atoms with Gasteiger partial charge in [-0.1, -0.05) is 60.9 Å². The largest absolute Gasteiger partial charge is 0.343 e. The van der Waals surface area contributed by atoms with Crippen molar-refractivity contribution in [2.24, 2.45) is 5.92 Å². The summed E-state index contributed by atoms with van der Waals surface area (Å²) >= 11 is 1.18. The lowest BCUT2D eigenvalue weighted by Gasteiger charge is -2.35. The van der Waals surface area contributed by atoms with Gasteiger partial charge in [0.15, 0.2) is 5.13 Å². The number of thiazole rings is 1. The second kappa shape index (κ2) is 13.2. The summed E-state index contributed by atoms with van der Waals surface area (Å²) in [6, 6.07) is 7.68. The van der Waals surface area contributed by atoms with Crippen molar-refractivity contribution in [2.75, 3.05) is 24.2 Å². The van der Waals surface area contributed by atoms with Crippen LogP contribution in [0.2, 0.25) is 0 Å². The van der Waals surface area contributed by atoms with Crippen LogP contribution in [0.25, 0.3) is 11.3 Å². The number of hydrogen-bond acceptors (Lipinski definition) is 7. The van der Waals surface area contributed by atoms with E-state index in [4.69, 9.17) is 0 Å². The number of benzene rings is 1. The third-order valence-corrected chi connectivity index (χ3v) is 8.43. The molecule has 10 nitrogen and oxygen atoms in total. The van der Waals surface area contributed by atoms with Gasteiger partial charge in [0.05, 0.1) is 6.04 Å². The molecule has 11 heteroatoms. The molecular formula is C28H38N6O4S. The van der Waals surface area contributed by atoms with Gasteiger partial charge in [-0.3, -0.25) is 19.2 Å². The second-order valence-corrected chi connectivity index (χ2v) is 11.3. The number of carbonyl (C=O) groups excluding carboxylic acids is 4. The Kier molecular flexibility index (Phi) is 9.68. The number of carbonyl (C=O) groups is 4. The Morgan fingerprint density at radius 3 is 2.38 bits per heavy atom. The molecule has 1 saturated heterocycles. The second-order valence-electron chi connectivity index (χ2n) is 10.3. The first-order chi connectivity index (χ1) is 18.8. The van der Waals surface area contributed by atoms with Gasteiger partial charge in [0.2, 0.25) is 23.6 Å². The average Bonchev–Trinajstić information content (AvgIpc) is 3.59. The van der Waals surface area contributed by atoms with Crippen LogP contribution in [0, 0.1) is 5.92 Å². The lowest BCUT2D eigenvalue weighted by molar-refractivity contribution is -0.142. The van der Waals surface area contributed by atoms with Gasteiger partial charge in [0.25, 0.3) is 0 Å². The number of likely N-dealkylation sites (N-methyl/N-ethyl adjacent to an activating group) is 1. The van der Waals surface area contributed by atoms with Crippen LogP contribution in [0.15, 0.2) is 30.3 Å². The summed E-state index contributed by atoms with van der Waals surface area (Å²) in [5, 5.41) is 12.5. The standard InChI is InChI=1S/C28H38N6O4S/c1-17(29-3)24(36)31-23(20-13-8-5-9-14-20)27(38)34-16-10-15-21(34)25(37)33-26-22(19-11-6-4-7-12-19)32-28(39-26)30-18(2)35/h4,6-7,11-12,17,20-21,23,29H,5,8-10,13-16H2,1-3H3,(H,31,36)(H,33,37)(H,30,32,35)/t17-,21-,23-/m0/s1. The average molecular weight is 555 g/mol. The van der Waals surface area contributed by atoms with Crippen molar-refractivity contribution in [1.82, 2.24) is 20.5 Å². The molecular weight excluding hydrogens is 516 g/mol. The number of hydrogen-bond donors (Lipinski definition) is 4. The van der Waals surface area contributed by atoms with E-state index < -0.39 is 18.1 Å². The molecule has 2 aliphatic rings. The normalized spacial score (nSPS) is 19.3. The minimum absolute atomic E-state index is 0.0509. The zero-order chi connectivity index (χ0) is 27.9. The Hall–Kier alpha value is -3.31. The fourth-order valence-corrected chi connectivity index (χ4v) is 6.27. The molecule has 0 bridgehead atoms. The summed E-state index contributed by atoms with van der Waals surface area (Å²) in [6.45, 7) is 3.63. The molecule has 0 unspecified atom stereocenters. The van der Waals surface area contributed by atoms with Crippen molar-refractivity contribution < 1.29 is 19.2 Å². The van der Waals surface area contributed by atoms with Crippen molar-refractivity contribution in [3.8, 4) is 11.3 Å². The summed E-state index contributed by atoms with van der Waals surface area (Å²) < 4.78 is 0. The third-order valence-electron chi connectivity index (χ3n) is 7.54. The molecule has 2 heterocycles. The molecule has 1 aromatic carbocycles. The summed E-state index contributed by atoms with van der Waals surface area (Å²) in [6.07, 6.45) is 6.18. The molecule has 4 N–H and O–H groups in total. The predicted octanol–water partition coefficient (Wildman–Crippen LogP) is 3.37. The lowest BCUT2D eigenvalue weighted by atomic mass is 9.83. The van der Waals surface area contributed by atoms with E-state index in [9.17, 15) is 19.2 Å². The molecule has 1 aliphatic heterocycles. The number of aromatic nitrogens is 1. The molecule has 2 fully saturated rings. The van der Waals surface area contributed by atoms with Crippen molar-refractivity contribution >= 4 is 45.1 Å². The molecule has 0 spiro atoms. The highest BCUT2D eigenvalue weighted by atomic mass is 32.1. The zero-order valence-electron chi connectivity index (χ0n) is 22.8. The Labute approximate surface area is 233 Å². The number of nitrogens with zero attached hydrogens (tertiary/aromatic N) is 2. The van der Waals surface area contributed by atoms with Gasteiger partial charge in [-0.2, -0.15) is 0 Å². The first kappa shape index (κ1) is 28.7. The molecule has 4 amide bonds. The van der Waals surface area contributed by atoms with Gasteiger partial charge >= 0.3 is 0 Å². The minimum atomic E-state index is -0.656. The number of likely N-dealkylation sites (tertiary alicyclic amines) is 1. The topological polar surface area (TPSA) is 133 Å². The van der Waals surface area contributed by atoms with Gasteiger partial charge in [0.1, 0.15) is 22.8 Å². The Morgan fingerprint density at radius 2 is 1.72 bits per heavy atom. The summed E-state index contributed by atoms with van der Waals surface area (Å²) in [5.74, 6) is -0.910. The first-order valence-electron chi connectivity index (χ1n) is 13.7. The fourth-order valence-electron chi connectivity index (χ4n) is 5.34. The Morgan fingerprint density at radius 1 is 1.00 bits per heavy atom. The van der Waals surface area contributed by atoms with E-state index in [1.807, 2.05) is 30.3 Å². The van der Waals surface area contributed by atoms with Gasteiger partial charge < -0.3 is 26.2 Å². The van der Waals surface area contributed by atoms with Crippen LogP contribution in [0.1, 0.15) is 58.8 Å². The first-order valence-corrected chi connectivity index (χ1v) is 14.5. The molecule has 2 aromatic rings. The number of nitrogens with one attached hydrogen (secondary N) is 4. The van der Waals surface area contributed by atoms with Crippen LogP contribution in [0.5, 0.6) is 0 Å². The van der Waals surface area contributed by atoms with Crippen LogP contribution in [0.3, 0.4) is 0 Å². The summed E-state index contributed by atoms with van der Waals surface area (Å²) in [5.41, 5.74) is 1.36.